The molecule has 106 valence electrons. The number of pyridine rings is 2. The van der Waals surface area contributed by atoms with Crippen LogP contribution in [0.2, 0.25) is 0 Å². The summed E-state index contributed by atoms with van der Waals surface area (Å²) in [6.07, 6.45) is 1.67. The van der Waals surface area contributed by atoms with Crippen LogP contribution in [-0.4, -0.2) is 28.1 Å². The molecule has 2 rings (SSSR count). The molecule has 0 saturated heterocycles. The highest BCUT2D eigenvalue weighted by Gasteiger charge is 2.28. The van der Waals surface area contributed by atoms with Crippen molar-refractivity contribution in [1.82, 2.24) is 9.97 Å². The Morgan fingerprint density at radius 2 is 2.20 bits per heavy atom. The van der Waals surface area contributed by atoms with Gasteiger partial charge in [-0.1, -0.05) is 0 Å². The molecule has 0 aliphatic carbocycles. The van der Waals surface area contributed by atoms with E-state index in [1.165, 1.54) is 0 Å². The van der Waals surface area contributed by atoms with E-state index >= 15 is 0 Å². The Labute approximate surface area is 125 Å². The number of carbonyl (C=O) groups is 1. The van der Waals surface area contributed by atoms with E-state index in [1.807, 2.05) is 19.1 Å². The summed E-state index contributed by atoms with van der Waals surface area (Å²) in [6, 6.07) is 5.53. The molecule has 2 aromatic rings. The van der Waals surface area contributed by atoms with Crippen molar-refractivity contribution in [3.8, 4) is 0 Å². The summed E-state index contributed by atoms with van der Waals surface area (Å²) in [5.41, 5.74) is -0.307. The molecular formula is C14H16BrN3O2. The fraction of sp³-hybridized carbons (Fsp3) is 0.357. The van der Waals surface area contributed by atoms with Crippen LogP contribution in [0.15, 0.2) is 28.9 Å². The van der Waals surface area contributed by atoms with Gasteiger partial charge in [-0.05, 0) is 54.9 Å². The van der Waals surface area contributed by atoms with Crippen LogP contribution in [-0.2, 0) is 9.53 Å². The lowest BCUT2D eigenvalue weighted by molar-refractivity contribution is -0.136. The van der Waals surface area contributed by atoms with Crippen LogP contribution in [0.25, 0.3) is 11.0 Å². The molecule has 0 aliphatic heterocycles. The van der Waals surface area contributed by atoms with E-state index in [0.717, 1.165) is 9.86 Å². The van der Waals surface area contributed by atoms with E-state index in [-0.39, 0.29) is 5.91 Å². The zero-order valence-corrected chi connectivity index (χ0v) is 13.2. The number of ether oxygens (including phenoxy) is 1. The highest BCUT2D eigenvalue weighted by Crippen LogP contribution is 2.19. The Morgan fingerprint density at radius 1 is 1.45 bits per heavy atom. The lowest BCUT2D eigenvalue weighted by Gasteiger charge is -2.23. The number of aromatic nitrogens is 2. The number of fused-ring (bicyclic) bond motifs is 1. The van der Waals surface area contributed by atoms with Crippen LogP contribution in [0.4, 0.5) is 5.82 Å². The van der Waals surface area contributed by atoms with Gasteiger partial charge < -0.3 is 10.1 Å². The number of rotatable bonds is 4. The monoisotopic (exact) mass is 337 g/mol. The van der Waals surface area contributed by atoms with E-state index in [1.54, 1.807) is 26.1 Å². The van der Waals surface area contributed by atoms with Gasteiger partial charge in [0.2, 0.25) is 0 Å². The van der Waals surface area contributed by atoms with E-state index in [2.05, 4.69) is 31.2 Å². The Kier molecular flexibility index (Phi) is 4.35. The van der Waals surface area contributed by atoms with Crippen molar-refractivity contribution in [1.29, 1.82) is 0 Å². The van der Waals surface area contributed by atoms with Crippen molar-refractivity contribution < 1.29 is 9.53 Å². The Bertz CT molecular complexity index is 643. The van der Waals surface area contributed by atoms with Crippen LogP contribution < -0.4 is 5.32 Å². The molecule has 1 amide bonds. The molecule has 2 aromatic heterocycles. The highest BCUT2D eigenvalue weighted by molar-refractivity contribution is 9.10. The first-order valence-corrected chi connectivity index (χ1v) is 7.09. The SMILES string of the molecule is CCOC(C)(C)C(=O)Nc1ccc2cc(Br)cnc2n1. The highest BCUT2D eigenvalue weighted by atomic mass is 79.9. The van der Waals surface area contributed by atoms with Gasteiger partial charge in [-0.2, -0.15) is 0 Å². The Hall–Kier alpha value is -1.53. The molecule has 6 heteroatoms. The van der Waals surface area contributed by atoms with Crippen LogP contribution >= 0.6 is 15.9 Å². The molecule has 0 fully saturated rings. The lowest BCUT2D eigenvalue weighted by atomic mass is 10.1. The van der Waals surface area contributed by atoms with Gasteiger partial charge in [0.05, 0.1) is 0 Å². The van der Waals surface area contributed by atoms with Crippen molar-refractivity contribution in [2.75, 3.05) is 11.9 Å². The minimum absolute atomic E-state index is 0.233. The standard InChI is InChI=1S/C14H16BrN3O2/c1-4-20-14(2,3)13(19)18-11-6-5-9-7-10(15)8-16-12(9)17-11/h5-8H,4H2,1-3H3,(H,16,17,18,19). The molecule has 0 aromatic carbocycles. The average molecular weight is 338 g/mol. The minimum atomic E-state index is -0.890. The second-order valence-electron chi connectivity index (χ2n) is 4.79. The molecule has 0 atom stereocenters. The largest absolute Gasteiger partial charge is 0.366 e. The van der Waals surface area contributed by atoms with Gasteiger partial charge in [0.1, 0.15) is 11.4 Å². The van der Waals surface area contributed by atoms with Crippen LogP contribution in [0.1, 0.15) is 20.8 Å². The summed E-state index contributed by atoms with van der Waals surface area (Å²) in [5, 5.41) is 3.65. The fourth-order valence-electron chi connectivity index (χ4n) is 1.75. The second kappa shape index (κ2) is 5.85. The topological polar surface area (TPSA) is 64.1 Å². The number of nitrogens with zero attached hydrogens (tertiary/aromatic N) is 2. The van der Waals surface area contributed by atoms with Gasteiger partial charge >= 0.3 is 0 Å². The molecule has 1 N–H and O–H groups in total. The molecule has 0 unspecified atom stereocenters. The predicted octanol–water partition coefficient (Wildman–Crippen LogP) is 3.15. The van der Waals surface area contributed by atoms with Gasteiger partial charge in [0.15, 0.2) is 5.65 Å². The average Bonchev–Trinajstić information content (AvgIpc) is 2.39. The van der Waals surface area contributed by atoms with E-state index in [4.69, 9.17) is 4.74 Å². The van der Waals surface area contributed by atoms with Gasteiger partial charge in [0.25, 0.3) is 5.91 Å². The minimum Gasteiger partial charge on any atom is -0.366 e. The number of amides is 1. The number of hydrogen-bond donors (Lipinski definition) is 1. The molecule has 20 heavy (non-hydrogen) atoms. The van der Waals surface area contributed by atoms with E-state index in [0.29, 0.717) is 18.1 Å². The third-order valence-electron chi connectivity index (χ3n) is 2.80. The fourth-order valence-corrected chi connectivity index (χ4v) is 2.10. The van der Waals surface area contributed by atoms with Crippen molar-refractivity contribution in [2.45, 2.75) is 26.4 Å². The number of carbonyl (C=O) groups excluding carboxylic acids is 1. The number of anilines is 1. The summed E-state index contributed by atoms with van der Waals surface area (Å²) < 4.78 is 6.29. The first kappa shape index (κ1) is 14.9. The summed E-state index contributed by atoms with van der Waals surface area (Å²) in [5.74, 6) is 0.230. The van der Waals surface area contributed by atoms with Crippen LogP contribution in [0.3, 0.4) is 0 Å². The first-order valence-electron chi connectivity index (χ1n) is 6.30. The summed E-state index contributed by atoms with van der Waals surface area (Å²) in [6.45, 7) is 5.77. The summed E-state index contributed by atoms with van der Waals surface area (Å²) in [4.78, 5) is 20.6. The lowest BCUT2D eigenvalue weighted by Crippen LogP contribution is -2.40. The van der Waals surface area contributed by atoms with Crippen molar-refractivity contribution in [2.24, 2.45) is 0 Å². The van der Waals surface area contributed by atoms with Gasteiger partial charge in [-0.3, -0.25) is 4.79 Å². The van der Waals surface area contributed by atoms with Crippen molar-refractivity contribution in [3.05, 3.63) is 28.9 Å². The maximum Gasteiger partial charge on any atom is 0.257 e. The van der Waals surface area contributed by atoms with Gasteiger partial charge in [-0.25, -0.2) is 9.97 Å². The zero-order chi connectivity index (χ0) is 14.8. The van der Waals surface area contributed by atoms with Gasteiger partial charge in [-0.15, -0.1) is 0 Å². The predicted molar refractivity (Wildman–Crippen MR) is 81.6 cm³/mol. The van der Waals surface area contributed by atoms with E-state index in [9.17, 15) is 4.79 Å². The summed E-state index contributed by atoms with van der Waals surface area (Å²) >= 11 is 3.36. The number of halogens is 1. The quantitative estimate of drug-likeness (QED) is 0.930. The first-order chi connectivity index (χ1) is 9.42. The second-order valence-corrected chi connectivity index (χ2v) is 5.71. The summed E-state index contributed by atoms with van der Waals surface area (Å²) in [7, 11) is 0. The Balaban J connectivity index is 2.22. The molecule has 2 heterocycles. The molecule has 0 saturated carbocycles. The van der Waals surface area contributed by atoms with Crippen LogP contribution in [0, 0.1) is 0 Å². The number of nitrogens with one attached hydrogen (secondary N) is 1. The van der Waals surface area contributed by atoms with Crippen LogP contribution in [0.5, 0.6) is 0 Å². The molecular weight excluding hydrogens is 322 g/mol. The maximum atomic E-state index is 12.1. The molecule has 0 bridgehead atoms. The molecule has 0 spiro atoms. The van der Waals surface area contributed by atoms with Crippen molar-refractivity contribution in [3.63, 3.8) is 0 Å². The Morgan fingerprint density at radius 3 is 2.90 bits per heavy atom. The normalized spacial score (nSPS) is 11.6. The smallest absolute Gasteiger partial charge is 0.257 e. The van der Waals surface area contributed by atoms with Gasteiger partial charge in [0, 0.05) is 22.7 Å². The molecule has 0 aliphatic rings. The number of hydrogen-bond acceptors (Lipinski definition) is 4. The maximum absolute atomic E-state index is 12.1. The van der Waals surface area contributed by atoms with Crippen molar-refractivity contribution >= 4 is 38.7 Å². The van der Waals surface area contributed by atoms with E-state index < -0.39 is 5.60 Å². The third kappa shape index (κ3) is 3.32. The zero-order valence-electron chi connectivity index (χ0n) is 11.6. The third-order valence-corrected chi connectivity index (χ3v) is 3.24. The molecule has 5 nitrogen and oxygen atoms in total. The molecule has 0 radical (unpaired) electrons.